The standard InChI is InChI=1S/C13H20N2O2/c16-12-7-10-3-4-11(8-12)15(10)6-5-13(17)14-9-1-2-9/h9-11H,1-8H2,(H,14,17). The molecule has 17 heavy (non-hydrogen) atoms. The van der Waals surface area contributed by atoms with Crippen LogP contribution in [0.15, 0.2) is 0 Å². The maximum atomic E-state index is 11.6. The summed E-state index contributed by atoms with van der Waals surface area (Å²) in [6.07, 6.45) is 6.59. The van der Waals surface area contributed by atoms with Crippen LogP contribution >= 0.6 is 0 Å². The maximum Gasteiger partial charge on any atom is 0.221 e. The van der Waals surface area contributed by atoms with Gasteiger partial charge in [0.2, 0.25) is 5.91 Å². The van der Waals surface area contributed by atoms with Gasteiger partial charge < -0.3 is 5.32 Å². The largest absolute Gasteiger partial charge is 0.353 e. The number of piperidine rings is 1. The summed E-state index contributed by atoms with van der Waals surface area (Å²) in [5.74, 6) is 0.597. The number of nitrogens with zero attached hydrogens (tertiary/aromatic N) is 1. The first-order chi connectivity index (χ1) is 8.22. The Labute approximate surface area is 102 Å². The third-order valence-corrected chi connectivity index (χ3v) is 4.24. The molecule has 1 amide bonds. The van der Waals surface area contributed by atoms with Gasteiger partial charge in [0.15, 0.2) is 0 Å². The average molecular weight is 236 g/mol. The van der Waals surface area contributed by atoms with Crippen LogP contribution in [0.4, 0.5) is 0 Å². The number of nitrogens with one attached hydrogen (secondary N) is 1. The Morgan fingerprint density at radius 3 is 2.41 bits per heavy atom. The van der Waals surface area contributed by atoms with Crippen molar-refractivity contribution in [2.75, 3.05) is 6.54 Å². The van der Waals surface area contributed by atoms with Crippen molar-refractivity contribution in [3.8, 4) is 0 Å². The summed E-state index contributed by atoms with van der Waals surface area (Å²) in [4.78, 5) is 25.5. The van der Waals surface area contributed by atoms with Gasteiger partial charge in [-0.05, 0) is 25.7 Å². The summed E-state index contributed by atoms with van der Waals surface area (Å²) in [5.41, 5.74) is 0. The van der Waals surface area contributed by atoms with Crippen molar-refractivity contribution in [2.24, 2.45) is 0 Å². The Hall–Kier alpha value is -0.900. The Bertz CT molecular complexity index is 322. The molecule has 1 aliphatic carbocycles. The zero-order valence-electron chi connectivity index (χ0n) is 10.2. The van der Waals surface area contributed by atoms with Gasteiger partial charge in [-0.3, -0.25) is 14.5 Å². The number of hydrogen-bond acceptors (Lipinski definition) is 3. The number of fused-ring (bicyclic) bond motifs is 2. The van der Waals surface area contributed by atoms with E-state index in [-0.39, 0.29) is 5.91 Å². The van der Waals surface area contributed by atoms with E-state index in [4.69, 9.17) is 0 Å². The number of ketones is 1. The van der Waals surface area contributed by atoms with Gasteiger partial charge in [-0.15, -0.1) is 0 Å². The van der Waals surface area contributed by atoms with E-state index >= 15 is 0 Å². The molecule has 0 aromatic heterocycles. The highest BCUT2D eigenvalue weighted by atomic mass is 16.1. The quantitative estimate of drug-likeness (QED) is 0.787. The summed E-state index contributed by atoms with van der Waals surface area (Å²) >= 11 is 0. The number of amides is 1. The van der Waals surface area contributed by atoms with E-state index in [0.29, 0.717) is 43.2 Å². The Morgan fingerprint density at radius 2 is 1.82 bits per heavy atom. The summed E-state index contributed by atoms with van der Waals surface area (Å²) in [5, 5.41) is 3.02. The Morgan fingerprint density at radius 1 is 1.18 bits per heavy atom. The molecule has 94 valence electrons. The lowest BCUT2D eigenvalue weighted by Gasteiger charge is -2.33. The van der Waals surface area contributed by atoms with Crippen molar-refractivity contribution in [2.45, 2.75) is 63.1 Å². The van der Waals surface area contributed by atoms with E-state index in [2.05, 4.69) is 10.2 Å². The molecule has 3 aliphatic rings. The van der Waals surface area contributed by atoms with E-state index in [1.165, 1.54) is 0 Å². The van der Waals surface area contributed by atoms with E-state index in [0.717, 1.165) is 32.2 Å². The van der Waals surface area contributed by atoms with E-state index in [9.17, 15) is 9.59 Å². The molecule has 0 aromatic carbocycles. The topological polar surface area (TPSA) is 49.4 Å². The molecule has 0 aromatic rings. The van der Waals surface area contributed by atoms with Gasteiger partial charge in [-0.1, -0.05) is 0 Å². The van der Waals surface area contributed by atoms with Crippen LogP contribution in [0.5, 0.6) is 0 Å². The van der Waals surface area contributed by atoms with E-state index in [1.54, 1.807) is 0 Å². The highest BCUT2D eigenvalue weighted by molar-refractivity contribution is 5.81. The van der Waals surface area contributed by atoms with Gasteiger partial charge in [0, 0.05) is 43.9 Å². The zero-order chi connectivity index (χ0) is 11.8. The van der Waals surface area contributed by atoms with Crippen molar-refractivity contribution in [1.29, 1.82) is 0 Å². The van der Waals surface area contributed by atoms with Gasteiger partial charge >= 0.3 is 0 Å². The predicted octanol–water partition coefficient (Wildman–Crippen LogP) is 0.851. The first kappa shape index (κ1) is 11.2. The molecule has 3 rings (SSSR count). The lowest BCUT2D eigenvalue weighted by molar-refractivity contribution is -0.124. The summed E-state index contributed by atoms with van der Waals surface area (Å²) in [6, 6.07) is 1.31. The third kappa shape index (κ3) is 2.51. The molecule has 1 N–H and O–H groups in total. The number of rotatable bonds is 4. The van der Waals surface area contributed by atoms with Gasteiger partial charge in [-0.2, -0.15) is 0 Å². The summed E-state index contributed by atoms with van der Waals surface area (Å²) < 4.78 is 0. The minimum absolute atomic E-state index is 0.184. The fourth-order valence-corrected chi connectivity index (χ4v) is 3.19. The summed E-state index contributed by atoms with van der Waals surface area (Å²) in [7, 11) is 0. The normalized spacial score (nSPS) is 32.8. The van der Waals surface area contributed by atoms with E-state index in [1.807, 2.05) is 0 Å². The number of Topliss-reactive ketones (excluding diaryl/α,β-unsaturated/α-hetero) is 1. The molecule has 2 aliphatic heterocycles. The number of hydrogen-bond donors (Lipinski definition) is 1. The van der Waals surface area contributed by atoms with Crippen LogP contribution in [0.25, 0.3) is 0 Å². The highest BCUT2D eigenvalue weighted by Crippen LogP contribution is 2.33. The van der Waals surface area contributed by atoms with Crippen molar-refractivity contribution < 1.29 is 9.59 Å². The third-order valence-electron chi connectivity index (χ3n) is 4.24. The average Bonchev–Trinajstić information content (AvgIpc) is 3.04. The van der Waals surface area contributed by atoms with Crippen LogP contribution in [-0.4, -0.2) is 41.3 Å². The Balaban J connectivity index is 1.48. The Kier molecular flexibility index (Phi) is 2.90. The minimum atomic E-state index is 0.184. The molecule has 4 nitrogen and oxygen atoms in total. The SMILES string of the molecule is O=C1CC2CCC(C1)N2CCC(=O)NC1CC1. The predicted molar refractivity (Wildman–Crippen MR) is 63.5 cm³/mol. The second kappa shape index (κ2) is 4.41. The molecule has 2 bridgehead atoms. The van der Waals surface area contributed by atoms with Crippen LogP contribution in [0.2, 0.25) is 0 Å². The van der Waals surface area contributed by atoms with Crippen molar-refractivity contribution >= 4 is 11.7 Å². The van der Waals surface area contributed by atoms with Gasteiger partial charge in [0.25, 0.3) is 0 Å². The number of carbonyl (C=O) groups excluding carboxylic acids is 2. The molecule has 3 fully saturated rings. The number of carbonyl (C=O) groups is 2. The fraction of sp³-hybridized carbons (Fsp3) is 0.846. The smallest absolute Gasteiger partial charge is 0.221 e. The fourth-order valence-electron chi connectivity index (χ4n) is 3.19. The van der Waals surface area contributed by atoms with Crippen LogP contribution in [0.1, 0.15) is 44.9 Å². The molecule has 2 unspecified atom stereocenters. The lowest BCUT2D eigenvalue weighted by Crippen LogP contribution is -2.44. The highest BCUT2D eigenvalue weighted by Gasteiger charge is 2.39. The monoisotopic (exact) mass is 236 g/mol. The molecule has 2 heterocycles. The van der Waals surface area contributed by atoms with Crippen LogP contribution in [0, 0.1) is 0 Å². The first-order valence-electron chi connectivity index (χ1n) is 6.79. The van der Waals surface area contributed by atoms with Crippen LogP contribution in [-0.2, 0) is 9.59 Å². The van der Waals surface area contributed by atoms with Gasteiger partial charge in [0.05, 0.1) is 0 Å². The molecule has 2 atom stereocenters. The summed E-state index contributed by atoms with van der Waals surface area (Å²) in [6.45, 7) is 0.834. The van der Waals surface area contributed by atoms with E-state index < -0.39 is 0 Å². The van der Waals surface area contributed by atoms with Crippen molar-refractivity contribution in [3.63, 3.8) is 0 Å². The van der Waals surface area contributed by atoms with Crippen LogP contribution < -0.4 is 5.32 Å². The van der Waals surface area contributed by atoms with Crippen molar-refractivity contribution in [3.05, 3.63) is 0 Å². The second-order valence-corrected chi connectivity index (χ2v) is 5.66. The molecular formula is C13H20N2O2. The maximum absolute atomic E-state index is 11.6. The second-order valence-electron chi connectivity index (χ2n) is 5.66. The molecule has 0 spiro atoms. The molecule has 4 heteroatoms. The molecular weight excluding hydrogens is 216 g/mol. The molecule has 1 saturated carbocycles. The van der Waals surface area contributed by atoms with Crippen molar-refractivity contribution in [1.82, 2.24) is 10.2 Å². The first-order valence-corrected chi connectivity index (χ1v) is 6.79. The molecule has 0 radical (unpaired) electrons. The van der Waals surface area contributed by atoms with Crippen LogP contribution in [0.3, 0.4) is 0 Å². The van der Waals surface area contributed by atoms with Gasteiger partial charge in [-0.25, -0.2) is 0 Å². The lowest BCUT2D eigenvalue weighted by atomic mass is 10.0. The molecule has 2 saturated heterocycles. The minimum Gasteiger partial charge on any atom is -0.353 e. The zero-order valence-corrected chi connectivity index (χ0v) is 10.2. The van der Waals surface area contributed by atoms with Gasteiger partial charge in [0.1, 0.15) is 5.78 Å².